The Kier molecular flexibility index (Phi) is 6.07. The Morgan fingerprint density at radius 1 is 1.17 bits per heavy atom. The number of carbonyl (C=O) groups is 1. The SMILES string of the molecule is COc1ccc(S(=O)(=O)N2CCCC[C@H]2c2[nH]ncc2C(=O)N2CCOCC2)cc1. The minimum Gasteiger partial charge on any atom is -0.497 e. The predicted molar refractivity (Wildman–Crippen MR) is 109 cm³/mol. The lowest BCUT2D eigenvalue weighted by atomic mass is 9.99. The number of piperidine rings is 1. The van der Waals surface area contributed by atoms with Crippen LogP contribution in [0.1, 0.15) is 41.4 Å². The second-order valence-corrected chi connectivity index (χ2v) is 9.30. The number of amides is 1. The Bertz CT molecular complexity index is 983. The lowest BCUT2D eigenvalue weighted by Crippen LogP contribution is -2.42. The average Bonchev–Trinajstić information content (AvgIpc) is 3.29. The van der Waals surface area contributed by atoms with Gasteiger partial charge in [0.15, 0.2) is 0 Å². The Morgan fingerprint density at radius 2 is 1.90 bits per heavy atom. The van der Waals surface area contributed by atoms with E-state index in [1.54, 1.807) is 29.2 Å². The molecule has 1 N–H and O–H groups in total. The van der Waals surface area contributed by atoms with Crippen molar-refractivity contribution < 1.29 is 22.7 Å². The highest BCUT2D eigenvalue weighted by atomic mass is 32.2. The Morgan fingerprint density at radius 3 is 2.60 bits per heavy atom. The van der Waals surface area contributed by atoms with E-state index in [0.29, 0.717) is 56.3 Å². The Hall–Kier alpha value is -2.43. The summed E-state index contributed by atoms with van der Waals surface area (Å²) in [5.41, 5.74) is 0.988. The second kappa shape index (κ2) is 8.75. The first-order chi connectivity index (χ1) is 14.5. The van der Waals surface area contributed by atoms with Gasteiger partial charge in [-0.3, -0.25) is 9.89 Å². The van der Waals surface area contributed by atoms with Gasteiger partial charge in [-0.15, -0.1) is 0 Å². The van der Waals surface area contributed by atoms with E-state index in [-0.39, 0.29) is 10.8 Å². The molecule has 2 saturated heterocycles. The summed E-state index contributed by atoms with van der Waals surface area (Å²) in [6, 6.07) is 5.90. The van der Waals surface area contributed by atoms with Crippen molar-refractivity contribution in [3.8, 4) is 5.75 Å². The van der Waals surface area contributed by atoms with Crippen LogP contribution in [-0.2, 0) is 14.8 Å². The summed E-state index contributed by atoms with van der Waals surface area (Å²) in [4.78, 5) is 15.0. The lowest BCUT2D eigenvalue weighted by Gasteiger charge is -2.35. The number of rotatable bonds is 5. The van der Waals surface area contributed by atoms with Crippen molar-refractivity contribution in [3.05, 3.63) is 41.7 Å². The van der Waals surface area contributed by atoms with Crippen molar-refractivity contribution in [2.75, 3.05) is 40.0 Å². The molecule has 3 heterocycles. The number of nitrogens with one attached hydrogen (secondary N) is 1. The van der Waals surface area contributed by atoms with Gasteiger partial charge in [0.2, 0.25) is 10.0 Å². The third-order valence-corrected chi connectivity index (χ3v) is 7.57. The van der Waals surface area contributed by atoms with Crippen LogP contribution in [0.15, 0.2) is 35.4 Å². The van der Waals surface area contributed by atoms with E-state index < -0.39 is 16.1 Å². The Labute approximate surface area is 176 Å². The third-order valence-electron chi connectivity index (χ3n) is 5.65. The van der Waals surface area contributed by atoms with Gasteiger partial charge in [-0.2, -0.15) is 9.40 Å². The maximum Gasteiger partial charge on any atom is 0.257 e. The first-order valence-corrected chi connectivity index (χ1v) is 11.5. The number of morpholine rings is 1. The van der Waals surface area contributed by atoms with Crippen LogP contribution in [0.2, 0.25) is 0 Å². The van der Waals surface area contributed by atoms with Gasteiger partial charge in [0.25, 0.3) is 5.91 Å². The number of hydrogen-bond donors (Lipinski definition) is 1. The molecule has 2 aliphatic rings. The van der Waals surface area contributed by atoms with E-state index >= 15 is 0 Å². The largest absolute Gasteiger partial charge is 0.497 e. The number of aromatic nitrogens is 2. The van der Waals surface area contributed by atoms with Gasteiger partial charge in [0, 0.05) is 19.6 Å². The highest BCUT2D eigenvalue weighted by molar-refractivity contribution is 7.89. The maximum atomic E-state index is 13.4. The summed E-state index contributed by atoms with van der Waals surface area (Å²) < 4.78 is 38.8. The molecule has 0 radical (unpaired) electrons. The van der Waals surface area contributed by atoms with E-state index in [4.69, 9.17) is 9.47 Å². The van der Waals surface area contributed by atoms with Gasteiger partial charge >= 0.3 is 0 Å². The van der Waals surface area contributed by atoms with Crippen LogP contribution < -0.4 is 4.74 Å². The number of hydrogen-bond acceptors (Lipinski definition) is 6. The van der Waals surface area contributed by atoms with Crippen molar-refractivity contribution in [1.82, 2.24) is 19.4 Å². The number of nitrogens with zero attached hydrogens (tertiary/aromatic N) is 3. The van der Waals surface area contributed by atoms with Crippen molar-refractivity contribution >= 4 is 15.9 Å². The molecule has 0 saturated carbocycles. The van der Waals surface area contributed by atoms with Crippen molar-refractivity contribution in [2.24, 2.45) is 0 Å². The van der Waals surface area contributed by atoms with E-state index in [2.05, 4.69) is 10.2 Å². The highest BCUT2D eigenvalue weighted by Gasteiger charge is 2.38. The van der Waals surface area contributed by atoms with E-state index in [1.807, 2.05) is 0 Å². The molecule has 2 fully saturated rings. The fraction of sp³-hybridized carbons (Fsp3) is 0.500. The van der Waals surface area contributed by atoms with Crippen LogP contribution in [0.25, 0.3) is 0 Å². The molecule has 1 amide bonds. The molecule has 0 unspecified atom stereocenters. The zero-order valence-corrected chi connectivity index (χ0v) is 17.7. The summed E-state index contributed by atoms with van der Waals surface area (Å²) in [7, 11) is -2.21. The predicted octanol–water partition coefficient (Wildman–Crippen LogP) is 1.81. The van der Waals surface area contributed by atoms with Gasteiger partial charge in [-0.1, -0.05) is 6.42 Å². The summed E-state index contributed by atoms with van der Waals surface area (Å²) in [5.74, 6) is 0.450. The molecule has 1 aromatic heterocycles. The molecule has 9 nitrogen and oxygen atoms in total. The maximum absolute atomic E-state index is 13.4. The molecule has 0 spiro atoms. The van der Waals surface area contributed by atoms with E-state index in [9.17, 15) is 13.2 Å². The van der Waals surface area contributed by atoms with Crippen molar-refractivity contribution in [1.29, 1.82) is 0 Å². The molecular formula is C20H26N4O5S. The van der Waals surface area contributed by atoms with Crippen LogP contribution in [0.5, 0.6) is 5.75 Å². The van der Waals surface area contributed by atoms with Crippen LogP contribution in [0.3, 0.4) is 0 Å². The molecule has 1 atom stereocenters. The van der Waals surface area contributed by atoms with Crippen molar-refractivity contribution in [3.63, 3.8) is 0 Å². The second-order valence-electron chi connectivity index (χ2n) is 7.40. The summed E-state index contributed by atoms with van der Waals surface area (Å²) >= 11 is 0. The minimum atomic E-state index is -3.74. The Balaban J connectivity index is 1.64. The number of aromatic amines is 1. The molecule has 162 valence electrons. The van der Waals surface area contributed by atoms with Gasteiger partial charge in [0.1, 0.15) is 5.75 Å². The fourth-order valence-electron chi connectivity index (χ4n) is 4.02. The van der Waals surface area contributed by atoms with E-state index in [1.165, 1.54) is 17.6 Å². The number of methoxy groups -OCH3 is 1. The third kappa shape index (κ3) is 3.94. The van der Waals surface area contributed by atoms with Gasteiger partial charge < -0.3 is 14.4 Å². The highest BCUT2D eigenvalue weighted by Crippen LogP contribution is 2.36. The summed E-state index contributed by atoms with van der Waals surface area (Å²) in [5, 5.41) is 7.00. The standard InChI is InChI=1S/C20H26N4O5S/c1-28-15-5-7-16(8-6-15)30(26,27)24-9-3-2-4-18(24)19-17(14-21-22-19)20(25)23-10-12-29-13-11-23/h5-8,14,18H,2-4,9-13H2,1H3,(H,21,22)/t18-/m0/s1. The number of H-pyrrole nitrogens is 1. The molecule has 2 aliphatic heterocycles. The zero-order valence-electron chi connectivity index (χ0n) is 16.9. The van der Waals surface area contributed by atoms with Gasteiger partial charge in [0.05, 0.1) is 48.7 Å². The quantitative estimate of drug-likeness (QED) is 0.770. The number of ether oxygens (including phenoxy) is 2. The summed E-state index contributed by atoms with van der Waals surface area (Å²) in [6.45, 7) is 2.42. The molecule has 1 aromatic carbocycles. The first-order valence-electron chi connectivity index (χ1n) is 10.1. The molecule has 0 bridgehead atoms. The van der Waals surface area contributed by atoms with Gasteiger partial charge in [-0.05, 0) is 37.1 Å². The molecule has 0 aliphatic carbocycles. The number of sulfonamides is 1. The lowest BCUT2D eigenvalue weighted by molar-refractivity contribution is 0.0301. The molecule has 2 aromatic rings. The topological polar surface area (TPSA) is 105 Å². The van der Waals surface area contributed by atoms with Crippen LogP contribution >= 0.6 is 0 Å². The van der Waals surface area contributed by atoms with Crippen LogP contribution in [0, 0.1) is 0 Å². The zero-order chi connectivity index (χ0) is 21.1. The average molecular weight is 435 g/mol. The van der Waals surface area contributed by atoms with Crippen LogP contribution in [-0.4, -0.2) is 73.7 Å². The smallest absolute Gasteiger partial charge is 0.257 e. The monoisotopic (exact) mass is 434 g/mol. The number of benzene rings is 1. The first kappa shape index (κ1) is 20.8. The number of carbonyl (C=O) groups excluding carboxylic acids is 1. The molecule has 10 heteroatoms. The molecular weight excluding hydrogens is 408 g/mol. The summed E-state index contributed by atoms with van der Waals surface area (Å²) in [6.07, 6.45) is 3.77. The minimum absolute atomic E-state index is 0.144. The van der Waals surface area contributed by atoms with Crippen molar-refractivity contribution in [2.45, 2.75) is 30.2 Å². The van der Waals surface area contributed by atoms with Gasteiger partial charge in [-0.25, -0.2) is 8.42 Å². The van der Waals surface area contributed by atoms with E-state index in [0.717, 1.165) is 12.8 Å². The molecule has 30 heavy (non-hydrogen) atoms. The molecule has 4 rings (SSSR count). The fourth-order valence-corrected chi connectivity index (χ4v) is 5.69. The van der Waals surface area contributed by atoms with Crippen LogP contribution in [0.4, 0.5) is 0 Å². The normalized spacial score (nSPS) is 20.8.